The number of rotatable bonds is 4. The Hall–Kier alpha value is -3.81. The molecule has 1 aromatic heterocycles. The molecule has 0 saturated carbocycles. The summed E-state index contributed by atoms with van der Waals surface area (Å²) in [5.41, 5.74) is 4.65. The molecule has 37 heavy (non-hydrogen) atoms. The molecule has 1 fully saturated rings. The smallest absolute Gasteiger partial charge is 0.465 e. The summed E-state index contributed by atoms with van der Waals surface area (Å²) in [6.45, 7) is 3.01. The lowest BCUT2D eigenvalue weighted by molar-refractivity contribution is -0.274. The van der Waals surface area contributed by atoms with Crippen LogP contribution in [0.25, 0.3) is 0 Å². The number of carbonyl (C=O) groups is 2. The Morgan fingerprint density at radius 2 is 2.00 bits per heavy atom. The molecule has 0 spiro atoms. The van der Waals surface area contributed by atoms with E-state index >= 15 is 0 Å². The second-order valence-corrected chi connectivity index (χ2v) is 9.53. The number of H-pyrrole nitrogens is 1. The van der Waals surface area contributed by atoms with E-state index in [1.165, 1.54) is 23.1 Å². The third-order valence-electron chi connectivity index (χ3n) is 6.91. The summed E-state index contributed by atoms with van der Waals surface area (Å²) in [4.78, 5) is 28.4. The van der Waals surface area contributed by atoms with Gasteiger partial charge in [0, 0.05) is 37.7 Å². The normalized spacial score (nSPS) is 23.7. The fraction of sp³-hybridized carbons (Fsp3) is 0.478. The van der Waals surface area contributed by atoms with Crippen LogP contribution in [0, 0.1) is 5.92 Å². The Balaban J connectivity index is 1.44. The van der Waals surface area contributed by atoms with E-state index in [4.69, 9.17) is 0 Å². The van der Waals surface area contributed by atoms with Gasteiger partial charge in [0.25, 0.3) is 0 Å². The van der Waals surface area contributed by atoms with Crippen molar-refractivity contribution in [1.29, 1.82) is 0 Å². The van der Waals surface area contributed by atoms with Gasteiger partial charge < -0.3 is 24.7 Å². The molecule has 3 aliphatic rings. The number of fused-ring (bicyclic) bond motifs is 2. The summed E-state index contributed by atoms with van der Waals surface area (Å²) < 4.78 is 43.2. The summed E-state index contributed by atoms with van der Waals surface area (Å²) in [5.74, 6) is -1.05. The van der Waals surface area contributed by atoms with E-state index in [1.54, 1.807) is 29.0 Å². The zero-order chi connectivity index (χ0) is 26.4. The lowest BCUT2D eigenvalue weighted by Crippen LogP contribution is -2.57. The number of para-hydroxylation sites is 1. The third kappa shape index (κ3) is 5.05. The number of carbonyl (C=O) groups excluding carboxylic acids is 1. The number of hydrogen-bond donors (Lipinski definition) is 3. The molecule has 3 N–H and O–H groups in total. The molecular weight excluding hydrogens is 495 g/mol. The van der Waals surface area contributed by atoms with Crippen molar-refractivity contribution >= 4 is 12.0 Å². The van der Waals surface area contributed by atoms with Crippen molar-refractivity contribution in [3.8, 4) is 5.75 Å². The highest BCUT2D eigenvalue weighted by molar-refractivity contribution is 5.89. The number of aromatic amines is 1. The van der Waals surface area contributed by atoms with E-state index in [0.717, 1.165) is 5.69 Å². The van der Waals surface area contributed by atoms with Crippen LogP contribution in [0.4, 0.5) is 18.0 Å². The van der Waals surface area contributed by atoms with Gasteiger partial charge in [0.2, 0.25) is 5.91 Å². The molecule has 0 radical (unpaired) electrons. The van der Waals surface area contributed by atoms with E-state index in [1.807, 2.05) is 0 Å². The first-order valence-corrected chi connectivity index (χ1v) is 11.8. The van der Waals surface area contributed by atoms with E-state index in [9.17, 15) is 27.9 Å². The Labute approximate surface area is 209 Å². The highest BCUT2D eigenvalue weighted by Crippen LogP contribution is 2.35. The maximum atomic E-state index is 13.6. The summed E-state index contributed by atoms with van der Waals surface area (Å²) in [6, 6.07) is 5.80. The Morgan fingerprint density at radius 3 is 2.76 bits per heavy atom. The largest absolute Gasteiger partial charge is 0.573 e. The molecule has 0 aliphatic carbocycles. The van der Waals surface area contributed by atoms with E-state index in [0.29, 0.717) is 30.9 Å². The van der Waals surface area contributed by atoms with Crippen molar-refractivity contribution in [3.05, 3.63) is 53.0 Å². The number of carboxylic acid groups (broad SMARTS) is 1. The monoisotopic (exact) mass is 521 g/mol. The number of nitrogens with zero attached hydrogens (tertiary/aromatic N) is 5. The van der Waals surface area contributed by atoms with Gasteiger partial charge in [-0.25, -0.2) is 10.2 Å². The summed E-state index contributed by atoms with van der Waals surface area (Å²) in [5, 5.41) is 22.1. The van der Waals surface area contributed by atoms with Crippen molar-refractivity contribution < 1.29 is 32.6 Å². The van der Waals surface area contributed by atoms with Gasteiger partial charge in [-0.1, -0.05) is 23.4 Å². The lowest BCUT2D eigenvalue weighted by Gasteiger charge is -2.34. The molecule has 1 saturated heterocycles. The molecule has 4 heterocycles. The molecule has 14 heteroatoms. The van der Waals surface area contributed by atoms with Crippen LogP contribution in [-0.2, 0) is 24.2 Å². The number of nitrogens with one attached hydrogen (secondary N) is 2. The predicted octanol–water partition coefficient (Wildman–Crippen LogP) is 1.90. The molecule has 198 valence electrons. The number of ether oxygens (including phenoxy) is 1. The molecule has 5 rings (SSSR count). The SMILES string of the molecule is CC1(C(=O)N2CCc3[nH]nnc3C2)C=C2C(Cc3ccccc3OC(F)(F)F)CN(C(=O)O)CCN2N1. The molecule has 1 aromatic carbocycles. The average molecular weight is 522 g/mol. The van der Waals surface area contributed by atoms with Crippen molar-refractivity contribution in [1.82, 2.24) is 35.6 Å². The lowest BCUT2D eigenvalue weighted by atomic mass is 9.91. The van der Waals surface area contributed by atoms with Gasteiger partial charge in [0.05, 0.1) is 18.8 Å². The standard InChI is InChI=1S/C23H26F3N7O4/c1-22(20(34)31-7-6-16-17(13-31)28-30-27-16)11-18-15(12-32(21(35)36)8-9-33(18)29-22)10-14-4-2-3-5-19(14)37-23(24,25)26/h2-5,11,15,29H,6-10,12-13H2,1H3,(H,35,36)(H,27,28,30). The fourth-order valence-electron chi connectivity index (χ4n) is 5.17. The number of amides is 2. The van der Waals surface area contributed by atoms with Crippen LogP contribution < -0.4 is 10.2 Å². The predicted molar refractivity (Wildman–Crippen MR) is 122 cm³/mol. The van der Waals surface area contributed by atoms with Gasteiger partial charge >= 0.3 is 12.5 Å². The van der Waals surface area contributed by atoms with Crippen molar-refractivity contribution in [3.63, 3.8) is 0 Å². The second kappa shape index (κ2) is 9.25. The van der Waals surface area contributed by atoms with E-state index in [2.05, 4.69) is 25.6 Å². The van der Waals surface area contributed by atoms with Gasteiger partial charge in [-0.15, -0.1) is 18.3 Å². The summed E-state index contributed by atoms with van der Waals surface area (Å²) in [6.07, 6.45) is -3.55. The summed E-state index contributed by atoms with van der Waals surface area (Å²) in [7, 11) is 0. The summed E-state index contributed by atoms with van der Waals surface area (Å²) >= 11 is 0. The van der Waals surface area contributed by atoms with Gasteiger partial charge in [-0.2, -0.15) is 0 Å². The molecule has 2 atom stereocenters. The maximum Gasteiger partial charge on any atom is 0.573 e. The number of hydrazine groups is 1. The zero-order valence-electron chi connectivity index (χ0n) is 20.0. The maximum absolute atomic E-state index is 13.6. The van der Waals surface area contributed by atoms with Crippen molar-refractivity contribution in [2.45, 2.75) is 38.2 Å². The molecule has 2 aromatic rings. The molecular formula is C23H26F3N7O4. The second-order valence-electron chi connectivity index (χ2n) is 9.53. The topological polar surface area (TPSA) is 127 Å². The first-order valence-electron chi connectivity index (χ1n) is 11.8. The molecule has 2 unspecified atom stereocenters. The van der Waals surface area contributed by atoms with Crippen molar-refractivity contribution in [2.75, 3.05) is 26.2 Å². The van der Waals surface area contributed by atoms with Gasteiger partial charge in [0.1, 0.15) is 17.0 Å². The quantitative estimate of drug-likeness (QED) is 0.557. The van der Waals surface area contributed by atoms with Gasteiger partial charge in [0.15, 0.2) is 0 Å². The van der Waals surface area contributed by atoms with Crippen LogP contribution in [0.3, 0.4) is 0 Å². The highest BCUT2D eigenvalue weighted by atomic mass is 19.4. The van der Waals surface area contributed by atoms with Gasteiger partial charge in [-0.3, -0.25) is 9.89 Å². The minimum atomic E-state index is -4.87. The highest BCUT2D eigenvalue weighted by Gasteiger charge is 2.46. The van der Waals surface area contributed by atoms with Crippen LogP contribution in [0.1, 0.15) is 23.9 Å². The van der Waals surface area contributed by atoms with E-state index in [-0.39, 0.29) is 43.3 Å². The Bertz CT molecular complexity index is 1230. The zero-order valence-corrected chi connectivity index (χ0v) is 20.0. The van der Waals surface area contributed by atoms with Gasteiger partial charge in [-0.05, 0) is 31.1 Å². The molecule has 0 bridgehead atoms. The number of benzene rings is 1. The number of alkyl halides is 3. The number of halogens is 3. The minimum absolute atomic E-state index is 0.0516. The minimum Gasteiger partial charge on any atom is -0.465 e. The third-order valence-corrected chi connectivity index (χ3v) is 6.91. The molecule has 2 amide bonds. The van der Waals surface area contributed by atoms with Crippen LogP contribution in [0.15, 0.2) is 36.0 Å². The van der Waals surface area contributed by atoms with Crippen LogP contribution in [-0.4, -0.2) is 85.4 Å². The molecule has 11 nitrogen and oxygen atoms in total. The number of hydrogen-bond acceptors (Lipinski definition) is 7. The first kappa shape index (κ1) is 24.9. The van der Waals surface area contributed by atoms with Crippen molar-refractivity contribution in [2.24, 2.45) is 5.92 Å². The number of aromatic nitrogens is 3. The van der Waals surface area contributed by atoms with Crippen LogP contribution >= 0.6 is 0 Å². The average Bonchev–Trinajstić information content (AvgIpc) is 3.40. The van der Waals surface area contributed by atoms with E-state index < -0.39 is 23.9 Å². The Kier molecular flexibility index (Phi) is 6.22. The first-order chi connectivity index (χ1) is 17.5. The fourth-order valence-corrected chi connectivity index (χ4v) is 5.17. The van der Waals surface area contributed by atoms with Crippen LogP contribution in [0.2, 0.25) is 0 Å². The molecule has 3 aliphatic heterocycles. The van der Waals surface area contributed by atoms with Crippen LogP contribution in [0.5, 0.6) is 5.75 Å². The Morgan fingerprint density at radius 1 is 1.22 bits per heavy atom.